The van der Waals surface area contributed by atoms with Gasteiger partial charge in [-0.1, -0.05) is 12.1 Å². The number of amides is 2. The van der Waals surface area contributed by atoms with Gasteiger partial charge in [0.15, 0.2) is 0 Å². The molecule has 1 saturated heterocycles. The van der Waals surface area contributed by atoms with Gasteiger partial charge < -0.3 is 9.80 Å². The lowest BCUT2D eigenvalue weighted by Crippen LogP contribution is -2.52. The Morgan fingerprint density at radius 1 is 1.10 bits per heavy atom. The van der Waals surface area contributed by atoms with Crippen LogP contribution < -0.4 is 4.90 Å². The van der Waals surface area contributed by atoms with Crippen molar-refractivity contribution >= 4 is 18.2 Å². The molecule has 158 valence electrons. The van der Waals surface area contributed by atoms with Crippen LogP contribution in [-0.4, -0.2) is 68.5 Å². The van der Waals surface area contributed by atoms with E-state index >= 15 is 0 Å². The van der Waals surface area contributed by atoms with Crippen molar-refractivity contribution in [2.24, 2.45) is 5.10 Å². The zero-order valence-electron chi connectivity index (χ0n) is 16.7. The fourth-order valence-electron chi connectivity index (χ4n) is 3.88. The maximum Gasteiger partial charge on any atom is 0.341 e. The summed E-state index contributed by atoms with van der Waals surface area (Å²) in [5, 5.41) is 12.6. The van der Waals surface area contributed by atoms with E-state index in [1.165, 1.54) is 17.1 Å². The number of aromatic amines is 1. The number of hydrazone groups is 1. The zero-order valence-corrected chi connectivity index (χ0v) is 16.7. The van der Waals surface area contributed by atoms with Gasteiger partial charge in [-0.2, -0.15) is 10.2 Å². The Balaban J connectivity index is 1.25. The summed E-state index contributed by atoms with van der Waals surface area (Å²) < 4.78 is 13.6. The summed E-state index contributed by atoms with van der Waals surface area (Å²) in [6.07, 6.45) is 5.68. The van der Waals surface area contributed by atoms with Gasteiger partial charge in [0, 0.05) is 51.2 Å². The lowest BCUT2D eigenvalue weighted by Gasteiger charge is -2.37. The summed E-state index contributed by atoms with van der Waals surface area (Å²) in [4.78, 5) is 25.9. The lowest BCUT2D eigenvalue weighted by molar-refractivity contribution is 0.139. The van der Waals surface area contributed by atoms with Crippen molar-refractivity contribution in [2.45, 2.75) is 12.5 Å². The molecule has 5 rings (SSSR count). The van der Waals surface area contributed by atoms with Gasteiger partial charge in [0.25, 0.3) is 0 Å². The molecule has 0 saturated carbocycles. The molecule has 3 aromatic rings. The average Bonchev–Trinajstić information content (AvgIpc) is 3.51. The molecule has 2 aliphatic heterocycles. The molecule has 1 fully saturated rings. The summed E-state index contributed by atoms with van der Waals surface area (Å²) in [6, 6.07) is 9.57. The van der Waals surface area contributed by atoms with E-state index in [1.54, 1.807) is 29.6 Å². The first-order valence-corrected chi connectivity index (χ1v) is 10.1. The quantitative estimate of drug-likeness (QED) is 0.703. The van der Waals surface area contributed by atoms with Crippen molar-refractivity contribution in [3.8, 4) is 11.4 Å². The summed E-state index contributed by atoms with van der Waals surface area (Å²) in [5.41, 5.74) is 2.34. The van der Waals surface area contributed by atoms with Crippen molar-refractivity contribution in [1.82, 2.24) is 30.1 Å². The van der Waals surface area contributed by atoms with Gasteiger partial charge >= 0.3 is 6.03 Å². The number of urea groups is 1. The smallest absolute Gasteiger partial charge is 0.337 e. The van der Waals surface area contributed by atoms with Crippen molar-refractivity contribution in [2.75, 3.05) is 31.1 Å². The van der Waals surface area contributed by atoms with Crippen LogP contribution in [0.15, 0.2) is 53.9 Å². The zero-order chi connectivity index (χ0) is 21.2. The molecule has 0 aliphatic carbocycles. The number of carbonyl (C=O) groups is 1. The van der Waals surface area contributed by atoms with Crippen LogP contribution in [-0.2, 0) is 0 Å². The first-order chi connectivity index (χ1) is 15.2. The Bertz CT molecular complexity index is 1090. The summed E-state index contributed by atoms with van der Waals surface area (Å²) in [5.74, 6) is 0.304. The molecule has 1 atom stereocenters. The van der Waals surface area contributed by atoms with E-state index in [0.717, 1.165) is 17.0 Å². The van der Waals surface area contributed by atoms with E-state index < -0.39 is 0 Å². The van der Waals surface area contributed by atoms with E-state index in [9.17, 15) is 9.18 Å². The van der Waals surface area contributed by atoms with Crippen LogP contribution in [0.4, 0.5) is 15.1 Å². The predicted octanol–water partition coefficient (Wildman–Crippen LogP) is 2.68. The van der Waals surface area contributed by atoms with Crippen LogP contribution in [0.2, 0.25) is 0 Å². The van der Waals surface area contributed by atoms with Crippen LogP contribution in [0.1, 0.15) is 18.0 Å². The number of rotatable bonds is 3. The second-order valence-electron chi connectivity index (χ2n) is 7.42. The minimum atomic E-state index is -0.317. The van der Waals surface area contributed by atoms with Crippen LogP contribution in [0.5, 0.6) is 0 Å². The summed E-state index contributed by atoms with van der Waals surface area (Å²) in [6.45, 7) is 2.28. The van der Waals surface area contributed by atoms with Gasteiger partial charge in [-0.3, -0.25) is 5.10 Å². The van der Waals surface area contributed by atoms with Crippen molar-refractivity contribution in [1.29, 1.82) is 0 Å². The molecule has 9 nitrogen and oxygen atoms in total. The number of hydrogen-bond acceptors (Lipinski definition) is 6. The number of anilines is 1. The maximum absolute atomic E-state index is 13.6. The highest BCUT2D eigenvalue weighted by Gasteiger charge is 2.33. The highest BCUT2D eigenvalue weighted by atomic mass is 19.1. The Kier molecular flexibility index (Phi) is 5.03. The number of benzene rings is 1. The molecular formula is C21H21FN8O. The highest BCUT2D eigenvalue weighted by molar-refractivity contribution is 5.78. The van der Waals surface area contributed by atoms with Crippen LogP contribution in [0, 0.1) is 5.82 Å². The van der Waals surface area contributed by atoms with E-state index in [0.29, 0.717) is 38.5 Å². The first-order valence-electron chi connectivity index (χ1n) is 10.1. The molecule has 2 amide bonds. The molecule has 4 heterocycles. The number of H-pyrrole nitrogens is 1. The van der Waals surface area contributed by atoms with Crippen molar-refractivity contribution in [3.63, 3.8) is 0 Å². The number of aromatic nitrogens is 4. The summed E-state index contributed by atoms with van der Waals surface area (Å²) in [7, 11) is 0. The minimum Gasteiger partial charge on any atom is -0.337 e. The lowest BCUT2D eigenvalue weighted by atomic mass is 10.0. The SMILES string of the molecule is O=C(N1CCN(c2nccc(-c3ccn[nH]3)n2)CC1)N1N=CC[C@H]1c1cccc(F)c1. The highest BCUT2D eigenvalue weighted by Crippen LogP contribution is 2.30. The largest absolute Gasteiger partial charge is 0.341 e. The molecule has 31 heavy (non-hydrogen) atoms. The van der Waals surface area contributed by atoms with Gasteiger partial charge in [0.05, 0.1) is 17.4 Å². The number of piperazine rings is 1. The number of hydrogen-bond donors (Lipinski definition) is 1. The van der Waals surface area contributed by atoms with Crippen LogP contribution in [0.3, 0.4) is 0 Å². The normalized spacial score (nSPS) is 18.6. The third kappa shape index (κ3) is 3.83. The monoisotopic (exact) mass is 420 g/mol. The standard InChI is InChI=1S/C21H21FN8O/c22-16-3-1-2-15(14-16)19-6-9-25-30(19)21(31)29-12-10-28(11-13-29)20-23-7-4-17(26-20)18-5-8-24-27-18/h1-5,7-9,14,19H,6,10-13H2,(H,24,27)/t19-/m0/s1. The minimum absolute atomic E-state index is 0.171. The second-order valence-corrected chi connectivity index (χ2v) is 7.42. The molecule has 0 radical (unpaired) electrons. The fourth-order valence-corrected chi connectivity index (χ4v) is 3.88. The number of nitrogens with zero attached hydrogens (tertiary/aromatic N) is 7. The number of nitrogens with one attached hydrogen (secondary N) is 1. The third-order valence-electron chi connectivity index (χ3n) is 5.51. The molecular weight excluding hydrogens is 399 g/mol. The summed E-state index contributed by atoms with van der Waals surface area (Å²) >= 11 is 0. The maximum atomic E-state index is 13.6. The Morgan fingerprint density at radius 2 is 1.97 bits per heavy atom. The number of halogens is 1. The Labute approximate surface area is 178 Å². The van der Waals surface area contributed by atoms with Crippen molar-refractivity contribution < 1.29 is 9.18 Å². The molecule has 2 aliphatic rings. The molecule has 2 aromatic heterocycles. The van der Waals surface area contributed by atoms with E-state index in [2.05, 4.69) is 30.2 Å². The Hall–Kier alpha value is -3.82. The molecule has 0 bridgehead atoms. The Morgan fingerprint density at radius 3 is 2.74 bits per heavy atom. The van der Waals surface area contributed by atoms with Crippen LogP contribution >= 0.6 is 0 Å². The molecule has 0 unspecified atom stereocenters. The van der Waals surface area contributed by atoms with Gasteiger partial charge in [0.1, 0.15) is 5.82 Å². The van der Waals surface area contributed by atoms with Gasteiger partial charge in [0.2, 0.25) is 5.95 Å². The third-order valence-corrected chi connectivity index (χ3v) is 5.51. The topological polar surface area (TPSA) is 93.6 Å². The van der Waals surface area contributed by atoms with Crippen LogP contribution in [0.25, 0.3) is 11.4 Å². The fraction of sp³-hybridized carbons (Fsp3) is 0.286. The predicted molar refractivity (Wildman–Crippen MR) is 113 cm³/mol. The molecule has 10 heteroatoms. The molecule has 1 aromatic carbocycles. The second kappa shape index (κ2) is 8.13. The molecule has 0 spiro atoms. The van der Waals surface area contributed by atoms with Gasteiger partial charge in [-0.15, -0.1) is 0 Å². The van der Waals surface area contributed by atoms with Crippen molar-refractivity contribution in [3.05, 3.63) is 60.2 Å². The van der Waals surface area contributed by atoms with Gasteiger partial charge in [-0.25, -0.2) is 24.2 Å². The first kappa shape index (κ1) is 19.2. The molecule has 1 N–H and O–H groups in total. The van der Waals surface area contributed by atoms with Gasteiger partial charge in [-0.05, 0) is 29.8 Å². The van der Waals surface area contributed by atoms with E-state index in [-0.39, 0.29) is 17.9 Å². The van der Waals surface area contributed by atoms with E-state index in [4.69, 9.17) is 0 Å². The average molecular weight is 420 g/mol. The number of carbonyl (C=O) groups excluding carboxylic acids is 1. The van der Waals surface area contributed by atoms with E-state index in [1.807, 2.05) is 18.2 Å².